The first-order valence-electron chi connectivity index (χ1n) is 13.5. The first kappa shape index (κ1) is 28.6. The third-order valence-electron chi connectivity index (χ3n) is 7.06. The molecule has 1 amide bonds. The van der Waals surface area contributed by atoms with Gasteiger partial charge in [0, 0.05) is 17.7 Å². The average Bonchev–Trinajstić information content (AvgIpc) is 3.70. The topological polar surface area (TPSA) is 102 Å². The lowest BCUT2D eigenvalue weighted by atomic mass is 9.94. The Hall–Kier alpha value is -4.48. The normalized spacial score (nSPS) is 18.9. The third kappa shape index (κ3) is 5.78. The van der Waals surface area contributed by atoms with E-state index in [0.717, 1.165) is 28.2 Å². The number of Topliss-reactive ketones (excluding diaryl/α,β-unsaturated/α-hetero) is 1. The van der Waals surface area contributed by atoms with Crippen molar-refractivity contribution in [1.82, 2.24) is 10.2 Å². The number of anilines is 1. The second-order valence-corrected chi connectivity index (χ2v) is 12.2. The molecule has 0 radical (unpaired) electrons. The van der Waals surface area contributed by atoms with Gasteiger partial charge in [0.05, 0.1) is 11.6 Å². The molecule has 2 unspecified atom stereocenters. The van der Waals surface area contributed by atoms with Crippen LogP contribution in [0.25, 0.3) is 5.76 Å². The van der Waals surface area contributed by atoms with Gasteiger partial charge in [-0.2, -0.15) is 0 Å². The largest absolute Gasteiger partial charge is 0.507 e. The van der Waals surface area contributed by atoms with Crippen molar-refractivity contribution in [2.75, 3.05) is 11.5 Å². The number of ether oxygens (including phenoxy) is 2. The number of aliphatic hydroxyl groups excluding tert-OH is 1. The molecule has 218 valence electrons. The van der Waals surface area contributed by atoms with Crippen LogP contribution in [0.3, 0.4) is 0 Å². The van der Waals surface area contributed by atoms with Gasteiger partial charge in [-0.1, -0.05) is 60.0 Å². The molecule has 0 aliphatic carbocycles. The summed E-state index contributed by atoms with van der Waals surface area (Å²) in [6.07, 6.45) is 2.31. The molecule has 2 aliphatic heterocycles. The van der Waals surface area contributed by atoms with Gasteiger partial charge in [-0.25, -0.2) is 4.39 Å². The summed E-state index contributed by atoms with van der Waals surface area (Å²) >= 11 is 2.54. The fourth-order valence-electron chi connectivity index (χ4n) is 5.06. The zero-order valence-electron chi connectivity index (χ0n) is 23.0. The van der Waals surface area contributed by atoms with Crippen LogP contribution in [0.5, 0.6) is 11.5 Å². The predicted molar refractivity (Wildman–Crippen MR) is 163 cm³/mol. The van der Waals surface area contributed by atoms with Gasteiger partial charge in [0.1, 0.15) is 35.8 Å². The Labute approximate surface area is 255 Å². The van der Waals surface area contributed by atoms with Crippen LogP contribution in [0.2, 0.25) is 0 Å². The minimum absolute atomic E-state index is 0.00678. The fraction of sp³-hybridized carbons (Fsp3) is 0.188. The van der Waals surface area contributed by atoms with Crippen LogP contribution < -0.4 is 14.4 Å². The van der Waals surface area contributed by atoms with E-state index in [2.05, 4.69) is 16.8 Å². The second-order valence-electron chi connectivity index (χ2n) is 10.1. The van der Waals surface area contributed by atoms with Gasteiger partial charge in [-0.3, -0.25) is 14.5 Å². The number of ketones is 1. The molecule has 1 aromatic heterocycles. The van der Waals surface area contributed by atoms with Crippen molar-refractivity contribution >= 4 is 45.7 Å². The molecule has 0 saturated carbocycles. The van der Waals surface area contributed by atoms with Crippen molar-refractivity contribution in [2.45, 2.75) is 35.6 Å². The van der Waals surface area contributed by atoms with Crippen molar-refractivity contribution in [3.8, 4) is 11.5 Å². The maximum absolute atomic E-state index is 13.6. The maximum Gasteiger partial charge on any atom is 0.301 e. The molecule has 1 saturated heterocycles. The maximum atomic E-state index is 13.6. The number of hydrogen-bond acceptors (Lipinski definition) is 9. The van der Waals surface area contributed by atoms with Gasteiger partial charge in [0.2, 0.25) is 5.13 Å². The molecular formula is C32H26FN3O5S2. The molecule has 6 rings (SSSR count). The highest BCUT2D eigenvalue weighted by molar-refractivity contribution is 8.00. The summed E-state index contributed by atoms with van der Waals surface area (Å²) < 4.78 is 25.3. The second kappa shape index (κ2) is 12.0. The van der Waals surface area contributed by atoms with Crippen molar-refractivity contribution in [2.24, 2.45) is 0 Å². The highest BCUT2D eigenvalue weighted by Gasteiger charge is 2.48. The van der Waals surface area contributed by atoms with E-state index >= 15 is 0 Å². The number of halogens is 1. The van der Waals surface area contributed by atoms with E-state index in [1.807, 2.05) is 6.92 Å². The number of thioether (sulfide) groups is 1. The van der Waals surface area contributed by atoms with Crippen molar-refractivity contribution in [1.29, 1.82) is 0 Å². The monoisotopic (exact) mass is 615 g/mol. The SMILES string of the molecule is C=CCOc1ccc(C2/C(=C(\O)c3ccc4c(c3)CC(C)O4)C(=O)C(=O)N2c2nnc(SCc3ccc(F)cc3)s2)cc1. The van der Waals surface area contributed by atoms with Crippen LogP contribution in [-0.2, 0) is 21.8 Å². The number of nitrogens with zero attached hydrogens (tertiary/aromatic N) is 3. The Morgan fingerprint density at radius 2 is 1.93 bits per heavy atom. The lowest BCUT2D eigenvalue weighted by Gasteiger charge is -2.22. The standard InChI is InChI=1S/C32H26FN3O5S2/c1-3-14-40-24-11-6-20(7-12-24)27-26(28(37)21-8-13-25-22(16-21)15-18(2)41-25)29(38)30(39)36(27)31-34-35-32(43-31)42-17-19-4-9-23(33)10-5-19/h3-13,16,18,27,37H,1,14-15,17H2,2H3/b28-26+. The van der Waals surface area contributed by atoms with Gasteiger partial charge in [-0.05, 0) is 66.1 Å². The zero-order chi connectivity index (χ0) is 30.1. The van der Waals surface area contributed by atoms with E-state index in [1.54, 1.807) is 60.7 Å². The molecule has 0 bridgehead atoms. The minimum Gasteiger partial charge on any atom is -0.507 e. The van der Waals surface area contributed by atoms with E-state index < -0.39 is 17.7 Å². The van der Waals surface area contributed by atoms with Gasteiger partial charge < -0.3 is 14.6 Å². The Morgan fingerprint density at radius 3 is 2.67 bits per heavy atom. The number of fused-ring (bicyclic) bond motifs is 1. The van der Waals surface area contributed by atoms with Crippen molar-refractivity contribution in [3.63, 3.8) is 0 Å². The van der Waals surface area contributed by atoms with Crippen LogP contribution in [-0.4, -0.2) is 39.7 Å². The zero-order valence-corrected chi connectivity index (χ0v) is 24.7. The number of rotatable bonds is 9. The molecule has 3 heterocycles. The summed E-state index contributed by atoms with van der Waals surface area (Å²) in [6.45, 7) is 5.94. The number of benzene rings is 3. The van der Waals surface area contributed by atoms with Gasteiger partial charge >= 0.3 is 5.91 Å². The van der Waals surface area contributed by atoms with Gasteiger partial charge in [0.25, 0.3) is 5.78 Å². The lowest BCUT2D eigenvalue weighted by Crippen LogP contribution is -2.29. The summed E-state index contributed by atoms with van der Waals surface area (Å²) in [7, 11) is 0. The summed E-state index contributed by atoms with van der Waals surface area (Å²) in [4.78, 5) is 28.4. The fourth-order valence-corrected chi connectivity index (χ4v) is 6.88. The Bertz CT molecular complexity index is 1740. The quantitative estimate of drug-likeness (QED) is 0.0570. The summed E-state index contributed by atoms with van der Waals surface area (Å²) in [5.41, 5.74) is 2.76. The highest BCUT2D eigenvalue weighted by Crippen LogP contribution is 2.45. The summed E-state index contributed by atoms with van der Waals surface area (Å²) in [6, 6.07) is 17.4. The molecule has 0 spiro atoms. The van der Waals surface area contributed by atoms with Crippen LogP contribution in [0.1, 0.15) is 35.2 Å². The predicted octanol–water partition coefficient (Wildman–Crippen LogP) is 6.48. The molecule has 2 atom stereocenters. The minimum atomic E-state index is -0.959. The molecule has 3 aromatic carbocycles. The number of carbonyl (C=O) groups excluding carboxylic acids is 2. The number of aliphatic hydroxyl groups is 1. The Balaban J connectivity index is 1.37. The Kier molecular flexibility index (Phi) is 8.00. The summed E-state index contributed by atoms with van der Waals surface area (Å²) in [5, 5.41) is 20.2. The number of aromatic nitrogens is 2. The average molecular weight is 616 g/mol. The molecule has 8 nitrogen and oxygen atoms in total. The molecule has 43 heavy (non-hydrogen) atoms. The van der Waals surface area contributed by atoms with Gasteiger partial charge in [-0.15, -0.1) is 10.2 Å². The highest BCUT2D eigenvalue weighted by atomic mass is 32.2. The van der Waals surface area contributed by atoms with Crippen molar-refractivity contribution in [3.05, 3.63) is 113 Å². The molecule has 1 fully saturated rings. The summed E-state index contributed by atoms with van der Waals surface area (Å²) in [5.74, 6) is -0.400. The third-order valence-corrected chi connectivity index (χ3v) is 9.18. The van der Waals surface area contributed by atoms with Gasteiger partial charge in [0.15, 0.2) is 4.34 Å². The Morgan fingerprint density at radius 1 is 1.16 bits per heavy atom. The van der Waals surface area contributed by atoms with E-state index in [4.69, 9.17) is 9.47 Å². The first-order valence-corrected chi connectivity index (χ1v) is 15.3. The van der Waals surface area contributed by atoms with E-state index in [-0.39, 0.29) is 28.4 Å². The number of hydrogen-bond donors (Lipinski definition) is 1. The molecule has 11 heteroatoms. The van der Waals surface area contributed by atoms with Crippen LogP contribution in [0.4, 0.5) is 9.52 Å². The van der Waals surface area contributed by atoms with E-state index in [9.17, 15) is 19.1 Å². The molecule has 1 N–H and O–H groups in total. The van der Waals surface area contributed by atoms with E-state index in [1.165, 1.54) is 28.8 Å². The van der Waals surface area contributed by atoms with E-state index in [0.29, 0.717) is 40.0 Å². The van der Waals surface area contributed by atoms with Crippen LogP contribution in [0, 0.1) is 5.82 Å². The van der Waals surface area contributed by atoms with Crippen LogP contribution >= 0.6 is 23.1 Å². The van der Waals surface area contributed by atoms with Crippen LogP contribution in [0.15, 0.2) is 89.3 Å². The van der Waals surface area contributed by atoms with Crippen molar-refractivity contribution < 1.29 is 28.6 Å². The number of amides is 1. The first-order chi connectivity index (χ1) is 20.8. The molecule has 2 aliphatic rings. The number of carbonyl (C=O) groups is 2. The molecular weight excluding hydrogens is 590 g/mol. The smallest absolute Gasteiger partial charge is 0.301 e. The molecule has 4 aromatic rings. The lowest BCUT2D eigenvalue weighted by molar-refractivity contribution is -0.132.